The molecule has 4 heteroatoms. The van der Waals surface area contributed by atoms with Gasteiger partial charge in [-0.05, 0) is 12.8 Å². The van der Waals surface area contributed by atoms with Gasteiger partial charge in [0.05, 0.1) is 12.2 Å². The van der Waals surface area contributed by atoms with E-state index >= 15 is 0 Å². The fraction of sp³-hybridized carbons (Fsp3) is 1.00. The Morgan fingerprint density at radius 3 is 0.969 bits per heavy atom. The molecular formula is C28H59NO3. The summed E-state index contributed by atoms with van der Waals surface area (Å²) >= 11 is 0. The van der Waals surface area contributed by atoms with Gasteiger partial charge in [0.1, 0.15) is 0 Å². The van der Waals surface area contributed by atoms with E-state index in [1.807, 2.05) is 0 Å². The lowest BCUT2D eigenvalue weighted by molar-refractivity contribution is -0.133. The molecule has 2 atom stereocenters. The van der Waals surface area contributed by atoms with Gasteiger partial charge in [-0.3, -0.25) is 0 Å². The Morgan fingerprint density at radius 1 is 0.438 bits per heavy atom. The summed E-state index contributed by atoms with van der Waals surface area (Å²) in [5.74, 6) is 0. The van der Waals surface area contributed by atoms with Crippen molar-refractivity contribution in [1.29, 1.82) is 0 Å². The maximum atomic E-state index is 10.1. The van der Waals surface area contributed by atoms with Gasteiger partial charge in [0, 0.05) is 13.1 Å². The molecule has 0 aromatic carbocycles. The molecule has 0 aliphatic heterocycles. The summed E-state index contributed by atoms with van der Waals surface area (Å²) in [6.45, 7) is 5.00. The Hall–Kier alpha value is -0.160. The predicted molar refractivity (Wildman–Crippen MR) is 138 cm³/mol. The van der Waals surface area contributed by atoms with Gasteiger partial charge in [-0.15, -0.1) is 0 Å². The van der Waals surface area contributed by atoms with Crippen molar-refractivity contribution < 1.29 is 15.4 Å². The van der Waals surface area contributed by atoms with E-state index in [1.165, 1.54) is 116 Å². The fourth-order valence-electron chi connectivity index (χ4n) is 4.48. The first-order valence-corrected chi connectivity index (χ1v) is 14.4. The lowest BCUT2D eigenvalue weighted by Gasteiger charge is -2.21. The zero-order valence-corrected chi connectivity index (χ0v) is 21.9. The van der Waals surface area contributed by atoms with Crippen molar-refractivity contribution in [1.82, 2.24) is 5.06 Å². The van der Waals surface area contributed by atoms with Crippen LogP contribution in [0.3, 0.4) is 0 Å². The maximum absolute atomic E-state index is 10.1. The summed E-state index contributed by atoms with van der Waals surface area (Å²) in [5.41, 5.74) is 0. The first kappa shape index (κ1) is 31.8. The molecule has 0 aromatic rings. The number of hydrogen-bond donors (Lipinski definition) is 3. The number of rotatable bonds is 26. The molecule has 0 aliphatic rings. The highest BCUT2D eigenvalue weighted by molar-refractivity contribution is 4.64. The predicted octanol–water partition coefficient (Wildman–Crippen LogP) is 8.02. The van der Waals surface area contributed by atoms with Gasteiger partial charge < -0.3 is 15.4 Å². The second kappa shape index (κ2) is 25.5. The molecule has 194 valence electrons. The molecule has 3 N–H and O–H groups in total. The average Bonchev–Trinajstić information content (AvgIpc) is 2.76. The quantitative estimate of drug-likeness (QED) is 0.0908. The van der Waals surface area contributed by atoms with Crippen LogP contribution in [0.2, 0.25) is 0 Å². The van der Waals surface area contributed by atoms with E-state index in [4.69, 9.17) is 0 Å². The first-order valence-electron chi connectivity index (χ1n) is 14.4. The molecular weight excluding hydrogens is 398 g/mol. The topological polar surface area (TPSA) is 63.9 Å². The number of hydroxylamine groups is 2. The summed E-state index contributed by atoms with van der Waals surface area (Å²) in [6, 6.07) is 0. The second-order valence-electron chi connectivity index (χ2n) is 10.1. The number of aliphatic hydroxyl groups excluding tert-OH is 2. The van der Waals surface area contributed by atoms with Crippen molar-refractivity contribution in [3.05, 3.63) is 0 Å². The Morgan fingerprint density at radius 2 is 0.688 bits per heavy atom. The van der Waals surface area contributed by atoms with Gasteiger partial charge in [0.25, 0.3) is 0 Å². The summed E-state index contributed by atoms with van der Waals surface area (Å²) in [7, 11) is 0. The molecule has 0 rings (SSSR count). The minimum atomic E-state index is -0.501. The van der Waals surface area contributed by atoms with Gasteiger partial charge in [0.2, 0.25) is 0 Å². The summed E-state index contributed by atoms with van der Waals surface area (Å²) in [5, 5.41) is 31.4. The summed E-state index contributed by atoms with van der Waals surface area (Å²) in [4.78, 5) is 0. The van der Waals surface area contributed by atoms with Crippen molar-refractivity contribution in [2.75, 3.05) is 13.1 Å². The van der Waals surface area contributed by atoms with Crippen LogP contribution in [0.15, 0.2) is 0 Å². The molecule has 4 nitrogen and oxygen atoms in total. The molecule has 0 fully saturated rings. The van der Waals surface area contributed by atoms with Crippen LogP contribution in [0.1, 0.15) is 155 Å². The van der Waals surface area contributed by atoms with E-state index in [2.05, 4.69) is 13.8 Å². The van der Waals surface area contributed by atoms with E-state index in [-0.39, 0.29) is 13.1 Å². The molecule has 0 saturated heterocycles. The zero-order valence-electron chi connectivity index (χ0n) is 21.9. The zero-order chi connectivity index (χ0) is 23.7. The van der Waals surface area contributed by atoms with E-state index in [0.717, 1.165) is 30.7 Å². The van der Waals surface area contributed by atoms with Crippen LogP contribution in [0.5, 0.6) is 0 Å². The highest BCUT2D eigenvalue weighted by Gasteiger charge is 2.13. The Kier molecular flexibility index (Phi) is 25.3. The van der Waals surface area contributed by atoms with Crippen molar-refractivity contribution in [2.24, 2.45) is 0 Å². The van der Waals surface area contributed by atoms with Crippen LogP contribution >= 0.6 is 0 Å². The molecule has 0 aliphatic carbocycles. The molecule has 0 aromatic heterocycles. The number of hydrogen-bond acceptors (Lipinski definition) is 4. The SMILES string of the molecule is CCCCCCCCCCCCC(O)CN(O)CC(O)CCCCCCCCCCCC. The molecule has 32 heavy (non-hydrogen) atoms. The van der Waals surface area contributed by atoms with E-state index in [9.17, 15) is 15.4 Å². The molecule has 0 radical (unpaired) electrons. The Bertz CT molecular complexity index is 322. The van der Waals surface area contributed by atoms with E-state index < -0.39 is 12.2 Å². The highest BCUT2D eigenvalue weighted by atomic mass is 16.5. The van der Waals surface area contributed by atoms with Crippen LogP contribution in [-0.2, 0) is 0 Å². The van der Waals surface area contributed by atoms with Crippen molar-refractivity contribution in [2.45, 2.75) is 167 Å². The Labute approximate surface area is 201 Å². The van der Waals surface area contributed by atoms with E-state index in [1.54, 1.807) is 0 Å². The fourth-order valence-corrected chi connectivity index (χ4v) is 4.48. The van der Waals surface area contributed by atoms with Gasteiger partial charge in [-0.25, -0.2) is 0 Å². The van der Waals surface area contributed by atoms with Crippen LogP contribution < -0.4 is 0 Å². The van der Waals surface area contributed by atoms with Gasteiger partial charge in [-0.2, -0.15) is 5.06 Å². The summed E-state index contributed by atoms with van der Waals surface area (Å²) < 4.78 is 0. The smallest absolute Gasteiger partial charge is 0.0690 e. The largest absolute Gasteiger partial charge is 0.392 e. The molecule has 0 heterocycles. The van der Waals surface area contributed by atoms with Crippen molar-refractivity contribution in [3.8, 4) is 0 Å². The van der Waals surface area contributed by atoms with Crippen LogP contribution in [-0.4, -0.2) is 45.8 Å². The standard InChI is InChI=1S/C28H59NO3/c1-3-5-7-9-11-13-15-17-19-21-23-27(30)25-29(32)26-28(31)24-22-20-18-16-14-12-10-8-6-4-2/h27-28,30-32H,3-26H2,1-2H3. The van der Waals surface area contributed by atoms with Crippen LogP contribution in [0.25, 0.3) is 0 Å². The molecule has 2 unspecified atom stereocenters. The average molecular weight is 458 g/mol. The van der Waals surface area contributed by atoms with Crippen molar-refractivity contribution >= 4 is 0 Å². The lowest BCUT2D eigenvalue weighted by atomic mass is 10.0. The molecule has 0 spiro atoms. The normalized spacial score (nSPS) is 13.7. The minimum Gasteiger partial charge on any atom is -0.392 e. The molecule has 0 saturated carbocycles. The first-order chi connectivity index (χ1) is 15.6. The lowest BCUT2D eigenvalue weighted by Crippen LogP contribution is -2.35. The van der Waals surface area contributed by atoms with Crippen LogP contribution in [0.4, 0.5) is 0 Å². The number of nitrogens with zero attached hydrogens (tertiary/aromatic N) is 1. The Balaban J connectivity index is 3.44. The third-order valence-corrected chi connectivity index (χ3v) is 6.62. The van der Waals surface area contributed by atoms with Crippen molar-refractivity contribution in [3.63, 3.8) is 0 Å². The summed E-state index contributed by atoms with van der Waals surface area (Å²) in [6.07, 6.45) is 26.3. The van der Waals surface area contributed by atoms with E-state index in [0.29, 0.717) is 0 Å². The minimum absolute atomic E-state index is 0.243. The highest BCUT2D eigenvalue weighted by Crippen LogP contribution is 2.14. The van der Waals surface area contributed by atoms with Gasteiger partial charge >= 0.3 is 0 Å². The number of aliphatic hydroxyl groups is 2. The monoisotopic (exact) mass is 457 g/mol. The molecule has 0 bridgehead atoms. The third kappa shape index (κ3) is 24.5. The third-order valence-electron chi connectivity index (χ3n) is 6.62. The maximum Gasteiger partial charge on any atom is 0.0690 e. The molecule has 0 amide bonds. The van der Waals surface area contributed by atoms with Crippen LogP contribution in [0, 0.1) is 0 Å². The van der Waals surface area contributed by atoms with Gasteiger partial charge in [-0.1, -0.05) is 142 Å². The van der Waals surface area contributed by atoms with Gasteiger partial charge in [0.15, 0.2) is 0 Å². The second-order valence-corrected chi connectivity index (χ2v) is 10.1. The number of unbranched alkanes of at least 4 members (excludes halogenated alkanes) is 18.